The monoisotopic (exact) mass is 974 g/mol. The molecular weight excluding hydrogens is 891 g/mol. The first-order valence-corrected chi connectivity index (χ1v) is 26.5. The van der Waals surface area contributed by atoms with Gasteiger partial charge in [0.15, 0.2) is 11.6 Å². The summed E-state index contributed by atoms with van der Waals surface area (Å²) < 4.78 is 62.7. The maximum atomic E-state index is 12.6. The summed E-state index contributed by atoms with van der Waals surface area (Å²) in [5.74, 6) is 2.21. The number of methoxy groups -OCH3 is 2. The van der Waals surface area contributed by atoms with Gasteiger partial charge in [-0.3, -0.25) is 18.7 Å². The second kappa shape index (κ2) is 28.8. The van der Waals surface area contributed by atoms with Crippen LogP contribution in [0.5, 0.6) is 0 Å². The van der Waals surface area contributed by atoms with Crippen LogP contribution in [0, 0.1) is 18.8 Å². The Labute approximate surface area is 406 Å². The molecule has 0 radical (unpaired) electrons. The molecule has 0 spiro atoms. The normalized spacial score (nSPS) is 16.3. The molecule has 2 heterocycles. The van der Waals surface area contributed by atoms with Gasteiger partial charge in [0.2, 0.25) is 11.8 Å². The third-order valence-electron chi connectivity index (χ3n) is 12.4. The minimum Gasteiger partial charge on any atom is -0.460 e. The Balaban J connectivity index is 0.000000297. The minimum absolute atomic E-state index is 0.0670. The van der Waals surface area contributed by atoms with Gasteiger partial charge < -0.3 is 28.0 Å². The van der Waals surface area contributed by atoms with E-state index in [-0.39, 0.29) is 53.9 Å². The smallest absolute Gasteiger partial charge is 0.307 e. The van der Waals surface area contributed by atoms with Crippen LogP contribution in [0.4, 0.5) is 0 Å². The van der Waals surface area contributed by atoms with E-state index in [9.17, 15) is 18.0 Å². The lowest BCUT2D eigenvalue weighted by molar-refractivity contribution is -0.156. The van der Waals surface area contributed by atoms with Gasteiger partial charge in [-0.2, -0.15) is 18.4 Å². The molecule has 0 aliphatic heterocycles. The average Bonchev–Trinajstić information content (AvgIpc) is 3.96. The van der Waals surface area contributed by atoms with Crippen molar-refractivity contribution in [1.29, 1.82) is 0 Å². The SMILES string of the molecule is COCCN(CCOC)Cc1noc([C@H](CCCC2CCCCC2)CC(=O)OC(C)(C)C)n1.Cc1ccc(S(=O)(=O)OCc2noc([C@H](CCCC3CCCCC3)CC(=O)OC(C)(C)C)n2)cc1. The van der Waals surface area contributed by atoms with Crippen molar-refractivity contribution < 1.29 is 50.2 Å². The molecule has 0 bridgehead atoms. The molecule has 16 nitrogen and oxygen atoms in total. The van der Waals surface area contributed by atoms with Crippen molar-refractivity contribution in [3.05, 3.63) is 53.3 Å². The van der Waals surface area contributed by atoms with Crippen molar-refractivity contribution in [3.63, 3.8) is 0 Å². The van der Waals surface area contributed by atoms with Gasteiger partial charge in [0.25, 0.3) is 10.1 Å². The highest BCUT2D eigenvalue weighted by Gasteiger charge is 2.29. The van der Waals surface area contributed by atoms with Crippen LogP contribution in [0.1, 0.15) is 198 Å². The summed E-state index contributed by atoms with van der Waals surface area (Å²) in [6.07, 6.45) is 19.5. The number of aromatic nitrogens is 4. The molecule has 5 rings (SSSR count). The molecule has 0 saturated heterocycles. The molecule has 1 aromatic carbocycles. The third-order valence-corrected chi connectivity index (χ3v) is 13.6. The van der Waals surface area contributed by atoms with Crippen molar-refractivity contribution >= 4 is 22.1 Å². The standard InChI is InChI=1S/C26H38N2O6S.C25H45N3O5/c1-19-13-15-22(16-14-19)35(30,31)32-18-23-27-25(34-28-23)21(17-24(29)33-26(2,3)4)12-8-11-20-9-6-5-7-10-20;1-25(2,3)32-23(29)18-21(13-9-12-20-10-7-6-8-11-20)24-26-22(27-33-24)19-28(14-16-30-4)15-17-31-5/h13-16,20-21H,5-12,17-18H2,1-4H3;20-21H,6-19H2,1-5H3/t2*21-/m11/s1. The molecule has 0 amide bonds. The van der Waals surface area contributed by atoms with E-state index in [1.165, 1.54) is 82.8 Å². The predicted molar refractivity (Wildman–Crippen MR) is 258 cm³/mol. The molecular formula is C51H83N5O11S. The zero-order valence-electron chi connectivity index (χ0n) is 42.7. The van der Waals surface area contributed by atoms with Crippen LogP contribution < -0.4 is 0 Å². The van der Waals surface area contributed by atoms with Crippen molar-refractivity contribution in [1.82, 2.24) is 25.2 Å². The quantitative estimate of drug-likeness (QED) is 0.0544. The minimum atomic E-state index is -3.95. The second-order valence-corrected chi connectivity index (χ2v) is 22.3. The summed E-state index contributed by atoms with van der Waals surface area (Å²) in [7, 11) is -0.568. The Hall–Kier alpha value is -3.77. The van der Waals surface area contributed by atoms with E-state index in [0.717, 1.165) is 62.6 Å². The van der Waals surface area contributed by atoms with Crippen LogP contribution >= 0.6 is 0 Å². The first-order chi connectivity index (χ1) is 32.3. The molecule has 2 aromatic heterocycles. The topological polar surface area (TPSA) is 196 Å². The Morgan fingerprint density at radius 3 is 1.57 bits per heavy atom. The van der Waals surface area contributed by atoms with E-state index in [1.807, 2.05) is 48.5 Å². The number of benzene rings is 1. The summed E-state index contributed by atoms with van der Waals surface area (Å²) in [4.78, 5) is 36.4. The maximum Gasteiger partial charge on any atom is 0.307 e. The van der Waals surface area contributed by atoms with Crippen molar-refractivity contribution in [3.8, 4) is 0 Å². The van der Waals surface area contributed by atoms with Crippen LogP contribution in [0.15, 0.2) is 38.2 Å². The molecule has 2 saturated carbocycles. The average molecular weight is 974 g/mol. The number of hydrogen-bond donors (Lipinski definition) is 0. The van der Waals surface area contributed by atoms with E-state index >= 15 is 0 Å². The summed E-state index contributed by atoms with van der Waals surface area (Å²) in [5, 5.41) is 8.11. The van der Waals surface area contributed by atoms with Gasteiger partial charge in [-0.1, -0.05) is 118 Å². The largest absolute Gasteiger partial charge is 0.460 e. The van der Waals surface area contributed by atoms with Gasteiger partial charge in [-0.25, -0.2) is 0 Å². The summed E-state index contributed by atoms with van der Waals surface area (Å²) in [6.45, 7) is 16.0. The Bertz CT molecular complexity index is 1990. The molecule has 2 aliphatic rings. The molecule has 2 aliphatic carbocycles. The fourth-order valence-electron chi connectivity index (χ4n) is 8.86. The summed E-state index contributed by atoms with van der Waals surface area (Å²) >= 11 is 0. The zero-order chi connectivity index (χ0) is 49.6. The van der Waals surface area contributed by atoms with Crippen LogP contribution in [0.25, 0.3) is 0 Å². The number of esters is 2. The fourth-order valence-corrected chi connectivity index (χ4v) is 9.72. The number of carbonyl (C=O) groups is 2. The van der Waals surface area contributed by atoms with Gasteiger partial charge in [-0.05, 0) is 85.3 Å². The van der Waals surface area contributed by atoms with E-state index in [4.69, 9.17) is 32.2 Å². The van der Waals surface area contributed by atoms with Crippen LogP contribution in [0.3, 0.4) is 0 Å². The van der Waals surface area contributed by atoms with Crippen LogP contribution in [0.2, 0.25) is 0 Å². The Morgan fingerprint density at radius 1 is 0.691 bits per heavy atom. The van der Waals surface area contributed by atoms with E-state index < -0.39 is 21.3 Å². The van der Waals surface area contributed by atoms with Crippen LogP contribution in [-0.2, 0) is 56.0 Å². The van der Waals surface area contributed by atoms with Crippen molar-refractivity contribution in [2.75, 3.05) is 40.5 Å². The lowest BCUT2D eigenvalue weighted by Crippen LogP contribution is -2.30. The van der Waals surface area contributed by atoms with Crippen molar-refractivity contribution in [2.24, 2.45) is 11.8 Å². The molecule has 0 N–H and O–H groups in total. The number of hydrogen-bond acceptors (Lipinski definition) is 16. The first kappa shape index (κ1) is 56.8. The van der Waals surface area contributed by atoms with E-state index in [2.05, 4.69) is 25.2 Å². The summed E-state index contributed by atoms with van der Waals surface area (Å²) in [6, 6.07) is 6.40. The van der Waals surface area contributed by atoms with Crippen molar-refractivity contribution in [2.45, 2.75) is 205 Å². The molecule has 17 heteroatoms. The number of carbonyl (C=O) groups excluding carboxylic acids is 2. The number of aryl methyl sites for hydroxylation is 1. The van der Waals surface area contributed by atoms with E-state index in [0.29, 0.717) is 37.4 Å². The Morgan fingerprint density at radius 2 is 1.13 bits per heavy atom. The molecule has 384 valence electrons. The third kappa shape index (κ3) is 22.3. The van der Waals surface area contributed by atoms with Gasteiger partial charge in [0.05, 0.1) is 37.5 Å². The van der Waals surface area contributed by atoms with Gasteiger partial charge in [0.1, 0.15) is 17.8 Å². The highest BCUT2D eigenvalue weighted by molar-refractivity contribution is 7.86. The van der Waals surface area contributed by atoms with Gasteiger partial charge >= 0.3 is 11.9 Å². The lowest BCUT2D eigenvalue weighted by Gasteiger charge is -2.23. The summed E-state index contributed by atoms with van der Waals surface area (Å²) in [5.41, 5.74) is -0.138. The van der Waals surface area contributed by atoms with Gasteiger partial charge in [0, 0.05) is 39.1 Å². The number of nitrogens with zero attached hydrogens (tertiary/aromatic N) is 5. The zero-order valence-corrected chi connectivity index (χ0v) is 43.5. The highest BCUT2D eigenvalue weighted by Crippen LogP contribution is 2.33. The Kier molecular flexibility index (Phi) is 24.1. The number of ether oxygens (including phenoxy) is 4. The first-order valence-electron chi connectivity index (χ1n) is 25.1. The fraction of sp³-hybridized carbons (Fsp3) is 0.765. The van der Waals surface area contributed by atoms with E-state index in [1.54, 1.807) is 26.4 Å². The van der Waals surface area contributed by atoms with Gasteiger partial charge in [-0.15, -0.1) is 0 Å². The predicted octanol–water partition coefficient (Wildman–Crippen LogP) is 10.6. The highest BCUT2D eigenvalue weighted by atomic mass is 32.2. The molecule has 2 atom stereocenters. The van der Waals surface area contributed by atoms with Crippen LogP contribution in [-0.4, -0.2) is 97.3 Å². The number of rotatable bonds is 26. The molecule has 0 unspecified atom stereocenters. The molecule has 3 aromatic rings. The molecule has 2 fully saturated rings. The lowest BCUT2D eigenvalue weighted by atomic mass is 9.84. The molecule has 68 heavy (non-hydrogen) atoms. The second-order valence-electron chi connectivity index (χ2n) is 20.7. The maximum absolute atomic E-state index is 12.6.